The number of anilines is 1. The lowest BCUT2D eigenvalue weighted by Gasteiger charge is -2.16. The molecule has 0 bridgehead atoms. The molecular formula is C13H17BrN2O. The Morgan fingerprint density at radius 1 is 1.47 bits per heavy atom. The van der Waals surface area contributed by atoms with Crippen LogP contribution in [0.4, 0.5) is 5.69 Å². The molecule has 3 N–H and O–H groups in total. The summed E-state index contributed by atoms with van der Waals surface area (Å²) in [5.41, 5.74) is 7.88. The first-order valence-electron chi connectivity index (χ1n) is 5.90. The van der Waals surface area contributed by atoms with Gasteiger partial charge in [-0.25, -0.2) is 0 Å². The van der Waals surface area contributed by atoms with E-state index in [0.29, 0.717) is 0 Å². The van der Waals surface area contributed by atoms with Gasteiger partial charge < -0.3 is 11.1 Å². The lowest BCUT2D eigenvalue weighted by atomic mass is 10.0. The summed E-state index contributed by atoms with van der Waals surface area (Å²) in [7, 11) is 0. The average molecular weight is 297 g/mol. The number of halogens is 1. The van der Waals surface area contributed by atoms with Gasteiger partial charge in [0.15, 0.2) is 0 Å². The lowest BCUT2D eigenvalue weighted by molar-refractivity contribution is -0.120. The van der Waals surface area contributed by atoms with Crippen molar-refractivity contribution in [2.75, 3.05) is 5.32 Å². The Morgan fingerprint density at radius 2 is 2.24 bits per heavy atom. The Kier molecular flexibility index (Phi) is 3.84. The van der Waals surface area contributed by atoms with Gasteiger partial charge in [-0.2, -0.15) is 0 Å². The molecule has 0 aromatic heterocycles. The summed E-state index contributed by atoms with van der Waals surface area (Å²) in [4.78, 5) is 12.1. The second kappa shape index (κ2) is 5.19. The molecule has 1 fully saturated rings. The molecule has 1 aliphatic rings. The van der Waals surface area contributed by atoms with E-state index in [0.717, 1.165) is 35.0 Å². The van der Waals surface area contributed by atoms with E-state index in [1.807, 2.05) is 25.1 Å². The molecule has 0 saturated heterocycles. The van der Waals surface area contributed by atoms with Crippen molar-refractivity contribution in [1.29, 1.82) is 0 Å². The number of benzene rings is 1. The first kappa shape index (κ1) is 12.6. The monoisotopic (exact) mass is 296 g/mol. The van der Waals surface area contributed by atoms with E-state index < -0.39 is 0 Å². The van der Waals surface area contributed by atoms with Crippen molar-refractivity contribution >= 4 is 27.5 Å². The summed E-state index contributed by atoms with van der Waals surface area (Å²) < 4.78 is 0.906. The van der Waals surface area contributed by atoms with Crippen LogP contribution in [0.3, 0.4) is 0 Å². The number of carbonyl (C=O) groups excluding carboxylic acids is 1. The molecule has 1 aromatic carbocycles. The van der Waals surface area contributed by atoms with Gasteiger partial charge in [-0.1, -0.05) is 12.5 Å². The van der Waals surface area contributed by atoms with Gasteiger partial charge >= 0.3 is 0 Å². The second-order valence-corrected chi connectivity index (χ2v) is 5.53. The molecule has 0 aliphatic heterocycles. The highest BCUT2D eigenvalue weighted by molar-refractivity contribution is 9.10. The third-order valence-corrected chi connectivity index (χ3v) is 3.98. The fraction of sp³-hybridized carbons (Fsp3) is 0.462. The van der Waals surface area contributed by atoms with Crippen molar-refractivity contribution in [3.05, 3.63) is 28.2 Å². The standard InChI is InChI=1S/C13H17BrN2O/c1-8-5-6-10(14)12(7-8)16-13(17)9-3-2-4-11(9)15/h5-7,9,11H,2-4,15H2,1H3,(H,16,17). The van der Waals surface area contributed by atoms with Crippen LogP contribution in [0.5, 0.6) is 0 Å². The maximum Gasteiger partial charge on any atom is 0.229 e. The number of aryl methyl sites for hydroxylation is 1. The van der Waals surface area contributed by atoms with Crippen LogP contribution < -0.4 is 11.1 Å². The molecule has 0 spiro atoms. The number of nitrogens with two attached hydrogens (primary N) is 1. The predicted molar refractivity (Wildman–Crippen MR) is 72.8 cm³/mol. The maximum atomic E-state index is 12.1. The topological polar surface area (TPSA) is 55.1 Å². The quantitative estimate of drug-likeness (QED) is 0.882. The van der Waals surface area contributed by atoms with E-state index in [1.165, 1.54) is 0 Å². The molecule has 0 heterocycles. The largest absolute Gasteiger partial charge is 0.327 e. The van der Waals surface area contributed by atoms with Gasteiger partial charge in [-0.15, -0.1) is 0 Å². The number of carbonyl (C=O) groups is 1. The van der Waals surface area contributed by atoms with E-state index in [1.54, 1.807) is 0 Å². The van der Waals surface area contributed by atoms with Crippen molar-refractivity contribution in [2.45, 2.75) is 32.2 Å². The van der Waals surface area contributed by atoms with Crippen LogP contribution >= 0.6 is 15.9 Å². The van der Waals surface area contributed by atoms with Gasteiger partial charge in [0.05, 0.1) is 11.6 Å². The molecule has 2 unspecified atom stereocenters. The Balaban J connectivity index is 2.10. The smallest absolute Gasteiger partial charge is 0.229 e. The number of nitrogens with one attached hydrogen (secondary N) is 1. The van der Waals surface area contributed by atoms with E-state index in [9.17, 15) is 4.79 Å². The van der Waals surface area contributed by atoms with Crippen molar-refractivity contribution in [2.24, 2.45) is 11.7 Å². The molecule has 4 heteroatoms. The molecule has 92 valence electrons. The summed E-state index contributed by atoms with van der Waals surface area (Å²) in [6, 6.07) is 5.92. The fourth-order valence-corrected chi connectivity index (χ4v) is 2.62. The van der Waals surface area contributed by atoms with Crippen molar-refractivity contribution < 1.29 is 4.79 Å². The second-order valence-electron chi connectivity index (χ2n) is 4.67. The van der Waals surface area contributed by atoms with Crippen LogP contribution in [0.25, 0.3) is 0 Å². The van der Waals surface area contributed by atoms with Crippen LogP contribution in [-0.2, 0) is 4.79 Å². The van der Waals surface area contributed by atoms with Crippen molar-refractivity contribution in [1.82, 2.24) is 0 Å². The van der Waals surface area contributed by atoms with Crippen LogP contribution in [-0.4, -0.2) is 11.9 Å². The van der Waals surface area contributed by atoms with Crippen LogP contribution in [0, 0.1) is 12.8 Å². The maximum absolute atomic E-state index is 12.1. The molecule has 1 aromatic rings. The van der Waals surface area contributed by atoms with Gasteiger partial charge in [0.25, 0.3) is 0 Å². The average Bonchev–Trinajstić information content (AvgIpc) is 2.70. The van der Waals surface area contributed by atoms with E-state index in [4.69, 9.17) is 5.73 Å². The fourth-order valence-electron chi connectivity index (χ4n) is 2.27. The zero-order chi connectivity index (χ0) is 12.4. The van der Waals surface area contributed by atoms with Crippen LogP contribution in [0.15, 0.2) is 22.7 Å². The Morgan fingerprint density at radius 3 is 2.88 bits per heavy atom. The highest BCUT2D eigenvalue weighted by atomic mass is 79.9. The molecule has 2 atom stereocenters. The van der Waals surface area contributed by atoms with Gasteiger partial charge in [0, 0.05) is 10.5 Å². The third kappa shape index (κ3) is 2.87. The molecule has 3 nitrogen and oxygen atoms in total. The zero-order valence-electron chi connectivity index (χ0n) is 9.87. The Labute approximate surface area is 110 Å². The van der Waals surface area contributed by atoms with Gasteiger partial charge in [-0.05, 0) is 53.4 Å². The SMILES string of the molecule is Cc1ccc(Br)c(NC(=O)C2CCCC2N)c1. The number of hydrogen-bond acceptors (Lipinski definition) is 2. The molecule has 0 radical (unpaired) electrons. The number of rotatable bonds is 2. The highest BCUT2D eigenvalue weighted by Crippen LogP contribution is 2.28. The minimum Gasteiger partial charge on any atom is -0.327 e. The zero-order valence-corrected chi connectivity index (χ0v) is 11.5. The molecule has 2 rings (SSSR count). The summed E-state index contributed by atoms with van der Waals surface area (Å²) in [5, 5.41) is 2.96. The number of hydrogen-bond donors (Lipinski definition) is 2. The van der Waals surface area contributed by atoms with E-state index >= 15 is 0 Å². The molecule has 1 saturated carbocycles. The van der Waals surface area contributed by atoms with Gasteiger partial charge in [0.1, 0.15) is 0 Å². The van der Waals surface area contributed by atoms with E-state index in [-0.39, 0.29) is 17.9 Å². The Hall–Kier alpha value is -0.870. The third-order valence-electron chi connectivity index (χ3n) is 3.29. The van der Waals surface area contributed by atoms with Crippen molar-refractivity contribution in [3.63, 3.8) is 0 Å². The molecular weight excluding hydrogens is 280 g/mol. The first-order valence-corrected chi connectivity index (χ1v) is 6.70. The lowest BCUT2D eigenvalue weighted by Crippen LogP contribution is -2.34. The van der Waals surface area contributed by atoms with Crippen molar-refractivity contribution in [3.8, 4) is 0 Å². The normalized spacial score (nSPS) is 23.7. The summed E-state index contributed by atoms with van der Waals surface area (Å²) in [6.45, 7) is 2.00. The molecule has 1 aliphatic carbocycles. The molecule has 1 amide bonds. The minimum atomic E-state index is -0.0394. The summed E-state index contributed by atoms with van der Waals surface area (Å²) in [5.74, 6) is 0.00344. The van der Waals surface area contributed by atoms with Crippen LogP contribution in [0.2, 0.25) is 0 Å². The van der Waals surface area contributed by atoms with Gasteiger partial charge in [0.2, 0.25) is 5.91 Å². The van der Waals surface area contributed by atoms with E-state index in [2.05, 4.69) is 21.2 Å². The Bertz CT molecular complexity index is 433. The predicted octanol–water partition coefficient (Wildman–Crippen LogP) is 2.82. The first-order chi connectivity index (χ1) is 8.08. The van der Waals surface area contributed by atoms with Gasteiger partial charge in [-0.3, -0.25) is 4.79 Å². The summed E-state index contributed by atoms with van der Waals surface area (Å²) in [6.07, 6.45) is 2.90. The molecule has 17 heavy (non-hydrogen) atoms. The highest BCUT2D eigenvalue weighted by Gasteiger charge is 2.30. The minimum absolute atomic E-state index is 0.0126. The number of amides is 1. The summed E-state index contributed by atoms with van der Waals surface area (Å²) >= 11 is 3.44. The van der Waals surface area contributed by atoms with Crippen LogP contribution in [0.1, 0.15) is 24.8 Å².